The number of benzene rings is 1. The van der Waals surface area contributed by atoms with Crippen molar-refractivity contribution in [2.75, 3.05) is 18.0 Å². The van der Waals surface area contributed by atoms with Crippen molar-refractivity contribution in [3.05, 3.63) is 35.7 Å². The van der Waals surface area contributed by atoms with Crippen molar-refractivity contribution in [1.82, 2.24) is 10.1 Å². The Hall–Kier alpha value is -2.83. The molecule has 1 aromatic heterocycles. The first-order chi connectivity index (χ1) is 12.1. The highest BCUT2D eigenvalue weighted by molar-refractivity contribution is 6.01. The molecule has 1 atom stereocenters. The molecule has 130 valence electrons. The molecule has 2 amide bonds. The lowest BCUT2D eigenvalue weighted by Crippen LogP contribution is -2.47. The average Bonchev–Trinajstić information content (AvgIpc) is 3.32. The third-order valence-corrected chi connectivity index (χ3v) is 5.12. The van der Waals surface area contributed by atoms with Crippen LogP contribution in [0.15, 0.2) is 29.0 Å². The predicted octanol–water partition coefficient (Wildman–Crippen LogP) is 2.68. The summed E-state index contributed by atoms with van der Waals surface area (Å²) in [6.45, 7) is 2.88. The van der Waals surface area contributed by atoms with E-state index in [1.807, 2.05) is 25.1 Å². The Labute approximate surface area is 144 Å². The Bertz CT molecular complexity index is 845. The van der Waals surface area contributed by atoms with Gasteiger partial charge in [0.15, 0.2) is 0 Å². The maximum absolute atomic E-state index is 13.0. The van der Waals surface area contributed by atoms with E-state index in [0.29, 0.717) is 19.5 Å². The molecule has 2 aliphatic rings. The van der Waals surface area contributed by atoms with Gasteiger partial charge in [-0.15, -0.1) is 0 Å². The number of anilines is 1. The van der Waals surface area contributed by atoms with Gasteiger partial charge in [0.2, 0.25) is 5.91 Å². The number of aryl methyl sites for hydroxylation is 1. The van der Waals surface area contributed by atoms with Crippen molar-refractivity contribution >= 4 is 17.7 Å². The van der Waals surface area contributed by atoms with E-state index < -0.39 is 12.1 Å². The van der Waals surface area contributed by atoms with Crippen molar-refractivity contribution in [3.8, 4) is 11.1 Å². The van der Waals surface area contributed by atoms with Gasteiger partial charge in [0, 0.05) is 24.3 Å². The number of likely N-dealkylation sites (tertiary alicyclic amines) is 1. The summed E-state index contributed by atoms with van der Waals surface area (Å²) < 4.78 is 5.05. The van der Waals surface area contributed by atoms with Crippen LogP contribution >= 0.6 is 0 Å². The smallest absolute Gasteiger partial charge is 0.407 e. The third-order valence-electron chi connectivity index (χ3n) is 5.12. The van der Waals surface area contributed by atoms with Gasteiger partial charge in [-0.25, -0.2) is 4.79 Å². The molecule has 25 heavy (non-hydrogen) atoms. The van der Waals surface area contributed by atoms with Crippen LogP contribution in [0.5, 0.6) is 0 Å². The highest BCUT2D eigenvalue weighted by Gasteiger charge is 2.39. The van der Waals surface area contributed by atoms with Gasteiger partial charge in [0.25, 0.3) is 0 Å². The molecule has 2 aliphatic heterocycles. The van der Waals surface area contributed by atoms with Crippen LogP contribution in [0, 0.1) is 6.92 Å². The highest BCUT2D eigenvalue weighted by atomic mass is 16.5. The largest absolute Gasteiger partial charge is 0.465 e. The Morgan fingerprint density at radius 2 is 2.12 bits per heavy atom. The molecule has 0 bridgehead atoms. The zero-order valence-corrected chi connectivity index (χ0v) is 13.9. The second-order valence-corrected chi connectivity index (χ2v) is 6.49. The van der Waals surface area contributed by atoms with Crippen molar-refractivity contribution in [3.63, 3.8) is 0 Å². The van der Waals surface area contributed by atoms with Gasteiger partial charge < -0.3 is 14.5 Å². The zero-order chi connectivity index (χ0) is 17.6. The molecule has 0 aliphatic carbocycles. The number of aromatic nitrogens is 1. The lowest BCUT2D eigenvalue weighted by atomic mass is 9.98. The molecule has 1 N–H and O–H groups in total. The Kier molecular flexibility index (Phi) is 3.71. The summed E-state index contributed by atoms with van der Waals surface area (Å²) in [5.74, 6) is -0.127. The quantitative estimate of drug-likeness (QED) is 0.907. The minimum Gasteiger partial charge on any atom is -0.465 e. The van der Waals surface area contributed by atoms with Gasteiger partial charge in [-0.2, -0.15) is 0 Å². The van der Waals surface area contributed by atoms with Crippen molar-refractivity contribution < 1.29 is 19.2 Å². The van der Waals surface area contributed by atoms with E-state index in [1.165, 1.54) is 4.90 Å². The van der Waals surface area contributed by atoms with Crippen LogP contribution in [0.3, 0.4) is 0 Å². The predicted molar refractivity (Wildman–Crippen MR) is 90.5 cm³/mol. The van der Waals surface area contributed by atoms with Crippen molar-refractivity contribution in [2.45, 2.75) is 32.2 Å². The first-order valence-electron chi connectivity index (χ1n) is 8.42. The molecule has 1 aromatic carbocycles. The van der Waals surface area contributed by atoms with Gasteiger partial charge in [-0.1, -0.05) is 17.3 Å². The Morgan fingerprint density at radius 1 is 1.28 bits per heavy atom. The standard InChI is InChI=1S/C18H19N3O4/c1-11-14(10-25-19-11)12-4-2-5-15-13(12)7-9-20(15)17(22)16-6-3-8-21(16)18(23)24/h2,4-5,10,16H,3,6-9H2,1H3,(H,23,24). The average molecular weight is 341 g/mol. The van der Waals surface area contributed by atoms with E-state index in [0.717, 1.165) is 40.9 Å². The van der Waals surface area contributed by atoms with Crippen LogP contribution in [0.25, 0.3) is 11.1 Å². The van der Waals surface area contributed by atoms with Crippen LogP contribution in [-0.2, 0) is 11.2 Å². The Morgan fingerprint density at radius 3 is 2.84 bits per heavy atom. The summed E-state index contributed by atoms with van der Waals surface area (Å²) in [4.78, 5) is 27.3. The maximum atomic E-state index is 13.0. The maximum Gasteiger partial charge on any atom is 0.407 e. The van der Waals surface area contributed by atoms with Gasteiger partial charge in [0.1, 0.15) is 12.3 Å². The number of rotatable bonds is 2. The molecule has 4 rings (SSSR count). The molecule has 0 spiro atoms. The Balaban J connectivity index is 1.68. The van der Waals surface area contributed by atoms with Crippen LogP contribution in [0.4, 0.5) is 10.5 Å². The summed E-state index contributed by atoms with van der Waals surface area (Å²) in [6, 6.07) is 5.26. The molecular weight excluding hydrogens is 322 g/mol. The summed E-state index contributed by atoms with van der Waals surface area (Å²) >= 11 is 0. The first kappa shape index (κ1) is 15.7. The number of carbonyl (C=O) groups excluding carboxylic acids is 1. The van der Waals surface area contributed by atoms with Gasteiger partial charge in [0.05, 0.1) is 5.69 Å². The number of carbonyl (C=O) groups is 2. The number of hydrogen-bond donors (Lipinski definition) is 1. The number of hydrogen-bond acceptors (Lipinski definition) is 4. The fourth-order valence-electron chi connectivity index (χ4n) is 3.90. The second-order valence-electron chi connectivity index (χ2n) is 6.49. The molecule has 1 unspecified atom stereocenters. The molecule has 0 saturated carbocycles. The molecule has 7 nitrogen and oxygen atoms in total. The monoisotopic (exact) mass is 341 g/mol. The van der Waals surface area contributed by atoms with Crippen LogP contribution < -0.4 is 4.90 Å². The van der Waals surface area contributed by atoms with Crippen molar-refractivity contribution in [1.29, 1.82) is 0 Å². The molecule has 3 heterocycles. The molecule has 2 aromatic rings. The first-order valence-corrected chi connectivity index (χ1v) is 8.42. The van der Waals surface area contributed by atoms with E-state index in [-0.39, 0.29) is 5.91 Å². The van der Waals surface area contributed by atoms with E-state index >= 15 is 0 Å². The summed E-state index contributed by atoms with van der Waals surface area (Å²) in [5, 5.41) is 13.2. The SMILES string of the molecule is Cc1nocc1-c1cccc2c1CCN2C(=O)C1CCCN1C(=O)O. The number of amides is 2. The lowest BCUT2D eigenvalue weighted by molar-refractivity contribution is -0.122. The van der Waals surface area contributed by atoms with Gasteiger partial charge in [-0.3, -0.25) is 9.69 Å². The fraction of sp³-hybridized carbons (Fsp3) is 0.389. The topological polar surface area (TPSA) is 86.9 Å². The second kappa shape index (κ2) is 5.91. The minimum absolute atomic E-state index is 0.127. The zero-order valence-electron chi connectivity index (χ0n) is 13.9. The van der Waals surface area contributed by atoms with Crippen LogP contribution in [-0.4, -0.2) is 46.3 Å². The molecule has 1 saturated heterocycles. The van der Waals surface area contributed by atoms with Crippen LogP contribution in [0.2, 0.25) is 0 Å². The highest BCUT2D eigenvalue weighted by Crippen LogP contribution is 2.38. The molecule has 7 heteroatoms. The number of carboxylic acid groups (broad SMARTS) is 1. The third kappa shape index (κ3) is 2.47. The van der Waals surface area contributed by atoms with E-state index in [4.69, 9.17) is 4.52 Å². The number of fused-ring (bicyclic) bond motifs is 1. The molecule has 1 fully saturated rings. The number of nitrogens with zero attached hydrogens (tertiary/aromatic N) is 3. The summed E-state index contributed by atoms with van der Waals surface area (Å²) in [6.07, 6.45) is 2.65. The molecular formula is C18H19N3O4. The van der Waals surface area contributed by atoms with Gasteiger partial charge in [-0.05, 0) is 43.4 Å². The van der Waals surface area contributed by atoms with Crippen LogP contribution in [0.1, 0.15) is 24.1 Å². The fourth-order valence-corrected chi connectivity index (χ4v) is 3.90. The van der Waals surface area contributed by atoms with E-state index in [2.05, 4.69) is 5.16 Å². The van der Waals surface area contributed by atoms with Gasteiger partial charge >= 0.3 is 6.09 Å². The lowest BCUT2D eigenvalue weighted by Gasteiger charge is -2.26. The van der Waals surface area contributed by atoms with E-state index in [1.54, 1.807) is 11.2 Å². The summed E-state index contributed by atoms with van der Waals surface area (Å²) in [7, 11) is 0. The molecule has 0 radical (unpaired) electrons. The normalized spacial score (nSPS) is 19.3. The van der Waals surface area contributed by atoms with Crippen molar-refractivity contribution in [2.24, 2.45) is 0 Å². The van der Waals surface area contributed by atoms with E-state index in [9.17, 15) is 14.7 Å². The minimum atomic E-state index is -1.02. The summed E-state index contributed by atoms with van der Waals surface area (Å²) in [5.41, 5.74) is 4.71.